The van der Waals surface area contributed by atoms with E-state index in [0.717, 1.165) is 10.6 Å². The highest BCUT2D eigenvalue weighted by Crippen LogP contribution is 2.21. The van der Waals surface area contributed by atoms with Gasteiger partial charge in [0.15, 0.2) is 0 Å². The van der Waals surface area contributed by atoms with Crippen molar-refractivity contribution >= 4 is 34.6 Å². The first-order valence-electron chi connectivity index (χ1n) is 6.43. The summed E-state index contributed by atoms with van der Waals surface area (Å²) < 4.78 is 6.02. The van der Waals surface area contributed by atoms with Gasteiger partial charge in [0.2, 0.25) is 0 Å². The average molecular weight is 323 g/mol. The summed E-state index contributed by atoms with van der Waals surface area (Å²) in [6, 6.07) is 10.6. The lowest BCUT2D eigenvalue weighted by molar-refractivity contribution is 0.0955. The molecule has 2 aromatic rings. The summed E-state index contributed by atoms with van der Waals surface area (Å²) in [5.41, 5.74) is 3.77. The number of halogens is 1. The van der Waals surface area contributed by atoms with Crippen molar-refractivity contribution in [3.8, 4) is 5.75 Å². The van der Waals surface area contributed by atoms with E-state index in [1.54, 1.807) is 30.3 Å². The first kappa shape index (κ1) is 15.5. The van der Waals surface area contributed by atoms with Gasteiger partial charge in [-0.15, -0.1) is 11.3 Å². The maximum absolute atomic E-state index is 12.0. The Balaban J connectivity index is 2.00. The Morgan fingerprint density at radius 3 is 2.57 bits per heavy atom. The topological polar surface area (TPSA) is 50.7 Å². The number of amides is 1. The average Bonchev–Trinajstić information content (AvgIpc) is 2.92. The van der Waals surface area contributed by atoms with Crippen molar-refractivity contribution in [3.05, 3.63) is 51.2 Å². The van der Waals surface area contributed by atoms with Crippen molar-refractivity contribution in [2.24, 2.45) is 5.10 Å². The number of rotatable bonds is 5. The molecule has 4 nitrogen and oxygen atoms in total. The smallest absolute Gasteiger partial charge is 0.271 e. The molecule has 0 saturated heterocycles. The zero-order valence-electron chi connectivity index (χ0n) is 11.7. The van der Waals surface area contributed by atoms with Gasteiger partial charge < -0.3 is 4.74 Å². The fourth-order valence-corrected chi connectivity index (χ4v) is 2.62. The van der Waals surface area contributed by atoms with Crippen LogP contribution in [-0.4, -0.2) is 18.2 Å². The maximum atomic E-state index is 12.0. The molecule has 0 saturated carbocycles. The van der Waals surface area contributed by atoms with Gasteiger partial charge in [-0.05, 0) is 50.2 Å². The van der Waals surface area contributed by atoms with Crippen LogP contribution in [0.4, 0.5) is 0 Å². The summed E-state index contributed by atoms with van der Waals surface area (Å²) in [5, 5.41) is 4.08. The fourth-order valence-electron chi connectivity index (χ4n) is 1.63. The lowest BCUT2D eigenvalue weighted by Crippen LogP contribution is -2.19. The Hall–Kier alpha value is -1.85. The first-order valence-corrected chi connectivity index (χ1v) is 7.62. The molecule has 0 unspecified atom stereocenters. The van der Waals surface area contributed by atoms with Gasteiger partial charge in [-0.2, -0.15) is 5.10 Å². The lowest BCUT2D eigenvalue weighted by Gasteiger charge is -2.04. The third-order valence-corrected chi connectivity index (χ3v) is 4.02. The molecule has 1 N–H and O–H groups in total. The number of nitrogens with one attached hydrogen (secondary N) is 1. The molecule has 1 aromatic heterocycles. The van der Waals surface area contributed by atoms with Gasteiger partial charge in [-0.25, -0.2) is 5.43 Å². The maximum Gasteiger partial charge on any atom is 0.271 e. The van der Waals surface area contributed by atoms with Crippen molar-refractivity contribution in [1.29, 1.82) is 0 Å². The molecule has 1 amide bonds. The predicted octanol–water partition coefficient (Wildman–Crippen LogP) is 3.95. The minimum atomic E-state index is -0.264. The minimum Gasteiger partial charge on any atom is -0.494 e. The molecule has 0 spiro atoms. The third-order valence-electron chi connectivity index (χ3n) is 2.68. The van der Waals surface area contributed by atoms with Crippen molar-refractivity contribution < 1.29 is 9.53 Å². The van der Waals surface area contributed by atoms with E-state index in [4.69, 9.17) is 16.3 Å². The number of benzene rings is 1. The zero-order valence-corrected chi connectivity index (χ0v) is 13.3. The van der Waals surface area contributed by atoms with Crippen molar-refractivity contribution in [1.82, 2.24) is 5.43 Å². The van der Waals surface area contributed by atoms with E-state index in [1.807, 2.05) is 19.9 Å². The third kappa shape index (κ3) is 4.31. The molecule has 1 heterocycles. The highest BCUT2D eigenvalue weighted by atomic mass is 35.5. The molecule has 6 heteroatoms. The van der Waals surface area contributed by atoms with Crippen molar-refractivity contribution in [2.45, 2.75) is 13.8 Å². The molecule has 1 aromatic carbocycles. The molecule has 0 radical (unpaired) electrons. The van der Waals surface area contributed by atoms with Gasteiger partial charge >= 0.3 is 0 Å². The molecule has 21 heavy (non-hydrogen) atoms. The molecule has 2 rings (SSSR count). The van der Waals surface area contributed by atoms with Crippen LogP contribution in [0.1, 0.15) is 29.1 Å². The predicted molar refractivity (Wildman–Crippen MR) is 86.6 cm³/mol. The van der Waals surface area contributed by atoms with Crippen LogP contribution < -0.4 is 10.2 Å². The number of hydrazone groups is 1. The number of thiophene rings is 1. The highest BCUT2D eigenvalue weighted by molar-refractivity contribution is 7.18. The van der Waals surface area contributed by atoms with Gasteiger partial charge in [-0.1, -0.05) is 11.6 Å². The molecular formula is C15H15ClN2O2S. The number of nitrogens with zero attached hydrogens (tertiary/aromatic N) is 1. The van der Waals surface area contributed by atoms with Crippen molar-refractivity contribution in [2.75, 3.05) is 6.61 Å². The van der Waals surface area contributed by atoms with Gasteiger partial charge in [-0.3, -0.25) is 4.79 Å². The summed E-state index contributed by atoms with van der Waals surface area (Å²) in [7, 11) is 0. The van der Waals surface area contributed by atoms with E-state index in [0.29, 0.717) is 22.2 Å². The van der Waals surface area contributed by atoms with Crippen LogP contribution in [0.2, 0.25) is 4.34 Å². The van der Waals surface area contributed by atoms with E-state index >= 15 is 0 Å². The standard InChI is InChI=1S/C15H15ClN2O2S/c1-3-20-12-6-4-11(5-7-12)15(19)18-17-10(2)13-8-9-14(16)21-13/h4-9H,3H2,1-2H3,(H,18,19). The minimum absolute atomic E-state index is 0.264. The number of hydrogen-bond acceptors (Lipinski definition) is 4. The van der Waals surface area contributed by atoms with Gasteiger partial charge in [0.25, 0.3) is 5.91 Å². The molecule has 0 aliphatic carbocycles. The molecule has 0 atom stereocenters. The Morgan fingerprint density at radius 1 is 1.29 bits per heavy atom. The number of carbonyl (C=O) groups is 1. The van der Waals surface area contributed by atoms with Crippen LogP contribution in [0.15, 0.2) is 41.5 Å². The van der Waals surface area contributed by atoms with Gasteiger partial charge in [0.05, 0.1) is 21.5 Å². The second-order valence-corrected chi connectivity index (χ2v) is 5.91. The summed E-state index contributed by atoms with van der Waals surface area (Å²) in [6.07, 6.45) is 0. The fraction of sp³-hybridized carbons (Fsp3) is 0.200. The van der Waals surface area contributed by atoms with E-state index in [1.165, 1.54) is 11.3 Å². The second kappa shape index (κ2) is 7.24. The zero-order chi connectivity index (χ0) is 15.2. The monoisotopic (exact) mass is 322 g/mol. The number of carbonyl (C=O) groups excluding carboxylic acids is 1. The number of ether oxygens (including phenoxy) is 1. The highest BCUT2D eigenvalue weighted by Gasteiger charge is 2.06. The Bertz CT molecular complexity index is 650. The van der Waals surface area contributed by atoms with Gasteiger partial charge in [0, 0.05) is 5.56 Å². The largest absolute Gasteiger partial charge is 0.494 e. The van der Waals surface area contributed by atoms with Crippen molar-refractivity contribution in [3.63, 3.8) is 0 Å². The number of hydrogen-bond donors (Lipinski definition) is 1. The molecule has 110 valence electrons. The van der Waals surface area contributed by atoms with Crippen LogP contribution in [-0.2, 0) is 0 Å². The van der Waals surface area contributed by atoms with Crippen LogP contribution in [0.5, 0.6) is 5.75 Å². The molecule has 0 aliphatic rings. The molecule has 0 aliphatic heterocycles. The Labute approximate surface area is 132 Å². The molecule has 0 bridgehead atoms. The SMILES string of the molecule is CCOc1ccc(C(=O)NN=C(C)c2ccc(Cl)s2)cc1. The quantitative estimate of drug-likeness (QED) is 0.669. The van der Waals surface area contributed by atoms with E-state index in [-0.39, 0.29) is 5.91 Å². The van der Waals surface area contributed by atoms with Crippen LogP contribution in [0.3, 0.4) is 0 Å². The summed E-state index contributed by atoms with van der Waals surface area (Å²) in [4.78, 5) is 12.9. The normalized spacial score (nSPS) is 11.3. The van der Waals surface area contributed by atoms with Crippen LogP contribution in [0, 0.1) is 0 Å². The second-order valence-electron chi connectivity index (χ2n) is 4.20. The van der Waals surface area contributed by atoms with E-state index in [2.05, 4.69) is 10.5 Å². The van der Waals surface area contributed by atoms with E-state index < -0.39 is 0 Å². The molecular weight excluding hydrogens is 308 g/mol. The summed E-state index contributed by atoms with van der Waals surface area (Å²) in [5.74, 6) is 0.474. The first-order chi connectivity index (χ1) is 10.1. The Kier molecular flexibility index (Phi) is 5.36. The van der Waals surface area contributed by atoms with Crippen LogP contribution >= 0.6 is 22.9 Å². The Morgan fingerprint density at radius 2 is 2.00 bits per heavy atom. The summed E-state index contributed by atoms with van der Waals surface area (Å²) >= 11 is 7.29. The van der Waals surface area contributed by atoms with Crippen LogP contribution in [0.25, 0.3) is 0 Å². The summed E-state index contributed by atoms with van der Waals surface area (Å²) in [6.45, 7) is 4.33. The van der Waals surface area contributed by atoms with Gasteiger partial charge in [0.1, 0.15) is 5.75 Å². The molecule has 0 fully saturated rings. The van der Waals surface area contributed by atoms with E-state index in [9.17, 15) is 4.79 Å². The lowest BCUT2D eigenvalue weighted by atomic mass is 10.2.